The van der Waals surface area contributed by atoms with Crippen molar-refractivity contribution in [2.75, 3.05) is 6.79 Å². The first-order valence-electron chi connectivity index (χ1n) is 9.11. The highest BCUT2D eigenvalue weighted by Crippen LogP contribution is 2.36. The predicted molar refractivity (Wildman–Crippen MR) is 107 cm³/mol. The zero-order chi connectivity index (χ0) is 22.2. The average Bonchev–Trinajstić information content (AvgIpc) is 3.17. The summed E-state index contributed by atoms with van der Waals surface area (Å²) in [5, 5.41) is -0.762. The van der Waals surface area contributed by atoms with Crippen molar-refractivity contribution in [1.29, 1.82) is 0 Å². The van der Waals surface area contributed by atoms with E-state index in [0.717, 1.165) is 23.9 Å². The summed E-state index contributed by atoms with van der Waals surface area (Å²) >= 11 is 0.948. The number of nitrogens with two attached hydrogens (primary N) is 1. The summed E-state index contributed by atoms with van der Waals surface area (Å²) in [6.07, 6.45) is -4.67. The molecule has 2 heterocycles. The smallest absolute Gasteiger partial charge is 0.416 e. The van der Waals surface area contributed by atoms with Crippen LogP contribution in [0.3, 0.4) is 0 Å². The van der Waals surface area contributed by atoms with E-state index in [1.54, 1.807) is 18.2 Å². The molecule has 2 amide bonds. The number of hydrogen-bond acceptors (Lipinski definition) is 6. The van der Waals surface area contributed by atoms with Gasteiger partial charge in [0.2, 0.25) is 18.6 Å². The van der Waals surface area contributed by atoms with Crippen molar-refractivity contribution in [3.8, 4) is 11.5 Å². The quantitative estimate of drug-likeness (QED) is 0.769. The van der Waals surface area contributed by atoms with Crippen molar-refractivity contribution >= 4 is 34.4 Å². The number of halogens is 3. The molecular formula is C20H16F3N3O4S. The van der Waals surface area contributed by atoms with Crippen LogP contribution in [0.15, 0.2) is 47.5 Å². The van der Waals surface area contributed by atoms with Crippen LogP contribution in [0.4, 0.5) is 18.9 Å². The molecule has 2 N–H and O–H groups in total. The molecule has 1 atom stereocenters. The zero-order valence-corrected chi connectivity index (χ0v) is 16.7. The van der Waals surface area contributed by atoms with Gasteiger partial charge in [-0.3, -0.25) is 14.5 Å². The number of primary amides is 1. The third kappa shape index (κ3) is 4.61. The van der Waals surface area contributed by atoms with Gasteiger partial charge in [0, 0.05) is 6.42 Å². The lowest BCUT2D eigenvalue weighted by atomic mass is 10.1. The van der Waals surface area contributed by atoms with E-state index in [-0.39, 0.29) is 30.6 Å². The van der Waals surface area contributed by atoms with Crippen molar-refractivity contribution < 1.29 is 32.2 Å². The fourth-order valence-corrected chi connectivity index (χ4v) is 4.14. The maximum atomic E-state index is 13.0. The van der Waals surface area contributed by atoms with Crippen molar-refractivity contribution in [2.45, 2.75) is 24.4 Å². The van der Waals surface area contributed by atoms with E-state index < -0.39 is 28.8 Å². The standard InChI is InChI=1S/C20H16F3N3O4S/c21-20(22,23)12-2-1-3-13(7-12)25-19-26(17(27)8-16(31-19)18(24)28)9-11-4-5-14-15(6-11)30-10-29-14/h1-7,16H,8-10H2,(H2,24,28). The largest absolute Gasteiger partial charge is 0.454 e. The Hall–Kier alpha value is -3.21. The van der Waals surface area contributed by atoms with Crippen LogP contribution in [0.2, 0.25) is 0 Å². The normalized spacial score (nSPS) is 19.7. The number of carbonyl (C=O) groups excluding carboxylic acids is 2. The molecule has 2 aromatic carbocycles. The van der Waals surface area contributed by atoms with Crippen LogP contribution in [0.25, 0.3) is 0 Å². The number of alkyl halides is 3. The monoisotopic (exact) mass is 451 g/mol. The molecule has 0 saturated carbocycles. The van der Waals surface area contributed by atoms with Gasteiger partial charge in [-0.25, -0.2) is 4.99 Å². The molecule has 2 aromatic rings. The Morgan fingerprint density at radius 3 is 2.71 bits per heavy atom. The van der Waals surface area contributed by atoms with E-state index in [1.165, 1.54) is 17.0 Å². The fourth-order valence-electron chi connectivity index (χ4n) is 3.09. The molecule has 162 valence electrons. The summed E-state index contributed by atoms with van der Waals surface area (Å²) in [5.41, 5.74) is 5.20. The second-order valence-corrected chi connectivity index (χ2v) is 7.99. The van der Waals surface area contributed by atoms with Crippen LogP contribution in [-0.2, 0) is 22.3 Å². The van der Waals surface area contributed by atoms with Gasteiger partial charge in [-0.05, 0) is 35.9 Å². The molecule has 1 unspecified atom stereocenters. The molecule has 0 radical (unpaired) electrons. The number of hydrogen-bond donors (Lipinski definition) is 1. The summed E-state index contributed by atoms with van der Waals surface area (Å²) in [4.78, 5) is 30.0. The van der Waals surface area contributed by atoms with Gasteiger partial charge < -0.3 is 15.2 Å². The number of fused-ring (bicyclic) bond motifs is 1. The summed E-state index contributed by atoms with van der Waals surface area (Å²) in [5.74, 6) is -0.000463. The number of rotatable bonds is 4. The highest BCUT2D eigenvalue weighted by molar-refractivity contribution is 8.15. The molecule has 0 bridgehead atoms. The number of aliphatic imine (C=N–C) groups is 1. The number of amidine groups is 1. The molecule has 31 heavy (non-hydrogen) atoms. The SMILES string of the molecule is NC(=O)C1CC(=O)N(Cc2ccc3c(c2)OCO3)C(=Nc2cccc(C(F)(F)F)c2)S1. The first-order valence-corrected chi connectivity index (χ1v) is 9.99. The van der Waals surface area contributed by atoms with Gasteiger partial charge in [0.25, 0.3) is 0 Å². The number of ether oxygens (including phenoxy) is 2. The summed E-state index contributed by atoms with van der Waals surface area (Å²) in [6, 6.07) is 9.58. The average molecular weight is 451 g/mol. The zero-order valence-electron chi connectivity index (χ0n) is 15.9. The number of thioether (sulfide) groups is 1. The number of amides is 2. The molecule has 2 aliphatic heterocycles. The maximum Gasteiger partial charge on any atom is 0.416 e. The van der Waals surface area contributed by atoms with Crippen LogP contribution >= 0.6 is 11.8 Å². The topological polar surface area (TPSA) is 94.2 Å². The molecule has 0 aromatic heterocycles. The minimum atomic E-state index is -4.53. The summed E-state index contributed by atoms with van der Waals surface area (Å²) in [7, 11) is 0. The van der Waals surface area contributed by atoms with Gasteiger partial charge in [-0.2, -0.15) is 13.2 Å². The summed E-state index contributed by atoms with van der Waals surface area (Å²) in [6.45, 7) is 0.186. The molecule has 4 rings (SSSR count). The molecule has 11 heteroatoms. The van der Waals surface area contributed by atoms with Crippen LogP contribution in [0.1, 0.15) is 17.5 Å². The van der Waals surface area contributed by atoms with Crippen LogP contribution in [-0.4, -0.2) is 33.9 Å². The van der Waals surface area contributed by atoms with Gasteiger partial charge in [-0.1, -0.05) is 23.9 Å². The van der Waals surface area contributed by atoms with Gasteiger partial charge >= 0.3 is 6.18 Å². The van der Waals surface area contributed by atoms with Crippen molar-refractivity contribution in [3.05, 3.63) is 53.6 Å². The maximum absolute atomic E-state index is 13.0. The third-order valence-electron chi connectivity index (χ3n) is 4.63. The van der Waals surface area contributed by atoms with Gasteiger partial charge in [0.15, 0.2) is 16.7 Å². The molecule has 7 nitrogen and oxygen atoms in total. The predicted octanol–water partition coefficient (Wildman–Crippen LogP) is 3.44. The minimum Gasteiger partial charge on any atom is -0.454 e. The highest BCUT2D eigenvalue weighted by atomic mass is 32.2. The number of benzene rings is 2. The van der Waals surface area contributed by atoms with E-state index >= 15 is 0 Å². The van der Waals surface area contributed by atoms with E-state index in [4.69, 9.17) is 15.2 Å². The van der Waals surface area contributed by atoms with Crippen molar-refractivity contribution in [3.63, 3.8) is 0 Å². The third-order valence-corrected chi connectivity index (χ3v) is 5.84. The lowest BCUT2D eigenvalue weighted by Crippen LogP contribution is -2.45. The lowest BCUT2D eigenvalue weighted by Gasteiger charge is -2.31. The second-order valence-electron chi connectivity index (χ2n) is 6.82. The first kappa shape index (κ1) is 21.0. The van der Waals surface area contributed by atoms with Crippen LogP contribution < -0.4 is 15.2 Å². The Morgan fingerprint density at radius 2 is 1.97 bits per heavy atom. The fraction of sp³-hybridized carbons (Fsp3) is 0.250. The lowest BCUT2D eigenvalue weighted by molar-refractivity contribution is -0.137. The van der Waals surface area contributed by atoms with E-state index in [9.17, 15) is 22.8 Å². The first-order chi connectivity index (χ1) is 14.7. The van der Waals surface area contributed by atoms with Gasteiger partial charge in [0.05, 0.1) is 23.0 Å². The Balaban J connectivity index is 1.67. The van der Waals surface area contributed by atoms with Crippen molar-refractivity contribution in [2.24, 2.45) is 10.7 Å². The Bertz CT molecular complexity index is 1070. The molecule has 1 saturated heterocycles. The molecule has 1 fully saturated rings. The number of carbonyl (C=O) groups is 2. The molecule has 2 aliphatic rings. The molecular weight excluding hydrogens is 435 g/mol. The Labute approximate surface area is 179 Å². The minimum absolute atomic E-state index is 0.00549. The van der Waals surface area contributed by atoms with E-state index in [0.29, 0.717) is 17.1 Å². The van der Waals surface area contributed by atoms with Crippen LogP contribution in [0.5, 0.6) is 11.5 Å². The summed E-state index contributed by atoms with van der Waals surface area (Å²) < 4.78 is 49.8. The van der Waals surface area contributed by atoms with Gasteiger partial charge in [-0.15, -0.1) is 0 Å². The van der Waals surface area contributed by atoms with Gasteiger partial charge in [0.1, 0.15) is 0 Å². The second kappa shape index (κ2) is 8.14. The van der Waals surface area contributed by atoms with E-state index in [2.05, 4.69) is 4.99 Å². The van der Waals surface area contributed by atoms with E-state index in [1.807, 2.05) is 0 Å². The Kier molecular flexibility index (Phi) is 5.52. The number of nitrogens with zero attached hydrogens (tertiary/aromatic N) is 2. The highest BCUT2D eigenvalue weighted by Gasteiger charge is 2.35. The molecule has 0 spiro atoms. The van der Waals surface area contributed by atoms with Crippen LogP contribution in [0, 0.1) is 0 Å². The Morgan fingerprint density at radius 1 is 1.19 bits per heavy atom. The van der Waals surface area contributed by atoms with Crippen molar-refractivity contribution in [1.82, 2.24) is 4.90 Å². The molecule has 0 aliphatic carbocycles.